The summed E-state index contributed by atoms with van der Waals surface area (Å²) in [6.07, 6.45) is 0.956. The van der Waals surface area contributed by atoms with E-state index in [9.17, 15) is 4.79 Å². The fraction of sp³-hybridized carbons (Fsp3) is 0.167. The molecule has 1 amide bonds. The van der Waals surface area contributed by atoms with E-state index in [0.717, 1.165) is 39.9 Å². The van der Waals surface area contributed by atoms with Gasteiger partial charge in [-0.25, -0.2) is 4.98 Å². The summed E-state index contributed by atoms with van der Waals surface area (Å²) in [5.74, 6) is 0.429. The highest BCUT2D eigenvalue weighted by atomic mass is 16.3. The van der Waals surface area contributed by atoms with Crippen LogP contribution in [0.1, 0.15) is 34.0 Å². The lowest BCUT2D eigenvalue weighted by Crippen LogP contribution is -2.14. The first-order valence-electron chi connectivity index (χ1n) is 9.42. The van der Waals surface area contributed by atoms with Crippen molar-refractivity contribution in [3.8, 4) is 11.5 Å². The van der Waals surface area contributed by atoms with Gasteiger partial charge in [-0.2, -0.15) is 0 Å². The summed E-state index contributed by atoms with van der Waals surface area (Å²) < 4.78 is 5.93. The molecular weight excluding hydrogens is 348 g/mol. The highest BCUT2D eigenvalue weighted by Gasteiger charge is 2.13. The van der Waals surface area contributed by atoms with Crippen molar-refractivity contribution in [1.82, 2.24) is 4.98 Å². The fourth-order valence-corrected chi connectivity index (χ4v) is 3.22. The number of nitrogens with one attached hydrogen (secondary N) is 1. The number of carbonyl (C=O) groups excluding carboxylic acids is 1. The van der Waals surface area contributed by atoms with E-state index in [0.29, 0.717) is 11.5 Å². The van der Waals surface area contributed by atoms with E-state index in [1.54, 1.807) is 0 Å². The van der Waals surface area contributed by atoms with E-state index < -0.39 is 0 Å². The standard InChI is InChI=1S/C24H22N2O2/c1-4-17-10-12-22-21(13-17)26-24(28-22)18-11-9-16(3)20(14-18)25-23(27)19-8-6-5-7-15(19)2/h5-14H,4H2,1-3H3,(H,25,27). The Kier molecular flexibility index (Phi) is 4.70. The van der Waals surface area contributed by atoms with E-state index in [2.05, 4.69) is 29.4 Å². The van der Waals surface area contributed by atoms with Crippen molar-refractivity contribution in [3.05, 3.63) is 82.9 Å². The quantitative estimate of drug-likeness (QED) is 0.485. The largest absolute Gasteiger partial charge is 0.436 e. The van der Waals surface area contributed by atoms with E-state index in [1.165, 1.54) is 5.56 Å². The van der Waals surface area contributed by atoms with Crippen molar-refractivity contribution in [2.75, 3.05) is 5.32 Å². The predicted octanol–water partition coefficient (Wildman–Crippen LogP) is 5.93. The van der Waals surface area contributed by atoms with Gasteiger partial charge >= 0.3 is 0 Å². The predicted molar refractivity (Wildman–Crippen MR) is 113 cm³/mol. The number of amides is 1. The number of carbonyl (C=O) groups is 1. The lowest BCUT2D eigenvalue weighted by Gasteiger charge is -2.11. The van der Waals surface area contributed by atoms with Gasteiger partial charge in [-0.15, -0.1) is 0 Å². The highest BCUT2D eigenvalue weighted by Crippen LogP contribution is 2.29. The molecule has 0 unspecified atom stereocenters. The van der Waals surface area contributed by atoms with Gasteiger partial charge in [0.25, 0.3) is 5.91 Å². The zero-order chi connectivity index (χ0) is 19.7. The molecule has 1 aromatic heterocycles. The molecule has 0 aliphatic heterocycles. The Labute approximate surface area is 164 Å². The summed E-state index contributed by atoms with van der Waals surface area (Å²) in [7, 11) is 0. The minimum absolute atomic E-state index is 0.122. The Morgan fingerprint density at radius 1 is 1.00 bits per heavy atom. The third-order valence-corrected chi connectivity index (χ3v) is 4.98. The van der Waals surface area contributed by atoms with Crippen molar-refractivity contribution >= 4 is 22.7 Å². The summed E-state index contributed by atoms with van der Waals surface area (Å²) in [6.45, 7) is 6.02. The van der Waals surface area contributed by atoms with Gasteiger partial charge in [0.05, 0.1) is 0 Å². The van der Waals surface area contributed by atoms with E-state index in [-0.39, 0.29) is 5.91 Å². The summed E-state index contributed by atoms with van der Waals surface area (Å²) in [5.41, 5.74) is 7.01. The average Bonchev–Trinajstić information content (AvgIpc) is 3.13. The lowest BCUT2D eigenvalue weighted by atomic mass is 10.1. The van der Waals surface area contributed by atoms with Gasteiger partial charge in [0, 0.05) is 16.8 Å². The first kappa shape index (κ1) is 18.0. The fourth-order valence-electron chi connectivity index (χ4n) is 3.22. The summed E-state index contributed by atoms with van der Waals surface area (Å²) in [4.78, 5) is 17.3. The van der Waals surface area contributed by atoms with Gasteiger partial charge in [-0.1, -0.05) is 37.3 Å². The minimum Gasteiger partial charge on any atom is -0.436 e. The normalized spacial score (nSPS) is 11.0. The van der Waals surface area contributed by atoms with Gasteiger partial charge in [-0.05, 0) is 67.3 Å². The molecule has 3 aromatic carbocycles. The van der Waals surface area contributed by atoms with Crippen molar-refractivity contribution in [1.29, 1.82) is 0 Å². The molecule has 1 N–H and O–H groups in total. The molecule has 140 valence electrons. The maximum absolute atomic E-state index is 12.7. The minimum atomic E-state index is -0.122. The maximum Gasteiger partial charge on any atom is 0.255 e. The summed E-state index contributed by atoms with van der Waals surface area (Å²) in [5, 5.41) is 3.02. The third-order valence-electron chi connectivity index (χ3n) is 4.98. The molecule has 4 nitrogen and oxygen atoms in total. The summed E-state index contributed by atoms with van der Waals surface area (Å²) in [6, 6.07) is 19.5. The number of aromatic nitrogens is 1. The smallest absolute Gasteiger partial charge is 0.255 e. The number of aryl methyl sites for hydroxylation is 3. The SMILES string of the molecule is CCc1ccc2oc(-c3ccc(C)c(NC(=O)c4ccccc4C)c3)nc2c1. The van der Waals surface area contributed by atoms with Crippen LogP contribution in [0.5, 0.6) is 0 Å². The molecule has 0 aliphatic rings. The Morgan fingerprint density at radius 2 is 1.82 bits per heavy atom. The third kappa shape index (κ3) is 3.41. The summed E-state index contributed by atoms with van der Waals surface area (Å²) >= 11 is 0. The number of fused-ring (bicyclic) bond motifs is 1. The molecule has 0 aliphatic carbocycles. The molecule has 28 heavy (non-hydrogen) atoms. The van der Waals surface area contributed by atoms with Crippen LogP contribution in [0.2, 0.25) is 0 Å². The van der Waals surface area contributed by atoms with Crippen LogP contribution < -0.4 is 5.32 Å². The van der Waals surface area contributed by atoms with Gasteiger partial charge in [-0.3, -0.25) is 4.79 Å². The Morgan fingerprint density at radius 3 is 2.61 bits per heavy atom. The van der Waals surface area contributed by atoms with Crippen LogP contribution in [0.4, 0.5) is 5.69 Å². The van der Waals surface area contributed by atoms with E-state index in [1.807, 2.05) is 62.4 Å². The van der Waals surface area contributed by atoms with E-state index in [4.69, 9.17) is 4.42 Å². The van der Waals surface area contributed by atoms with Crippen LogP contribution in [0.25, 0.3) is 22.6 Å². The molecule has 4 aromatic rings. The molecule has 0 spiro atoms. The van der Waals surface area contributed by atoms with Crippen LogP contribution in [0, 0.1) is 13.8 Å². The second kappa shape index (κ2) is 7.31. The Bertz CT molecular complexity index is 1170. The number of hydrogen-bond acceptors (Lipinski definition) is 3. The number of benzene rings is 3. The van der Waals surface area contributed by atoms with Gasteiger partial charge in [0.1, 0.15) is 5.52 Å². The van der Waals surface area contributed by atoms with Crippen molar-refractivity contribution in [2.45, 2.75) is 27.2 Å². The van der Waals surface area contributed by atoms with Crippen LogP contribution >= 0.6 is 0 Å². The number of oxazole rings is 1. The van der Waals surface area contributed by atoms with Crippen LogP contribution in [0.15, 0.2) is 65.1 Å². The molecule has 1 heterocycles. The van der Waals surface area contributed by atoms with Gasteiger partial charge < -0.3 is 9.73 Å². The zero-order valence-corrected chi connectivity index (χ0v) is 16.2. The molecule has 0 atom stereocenters. The Hall–Kier alpha value is -3.40. The van der Waals surface area contributed by atoms with Crippen molar-refractivity contribution in [3.63, 3.8) is 0 Å². The molecule has 0 saturated heterocycles. The van der Waals surface area contributed by atoms with Crippen LogP contribution in [-0.4, -0.2) is 10.9 Å². The molecule has 4 rings (SSSR count). The van der Waals surface area contributed by atoms with Gasteiger partial charge in [0.2, 0.25) is 5.89 Å². The highest BCUT2D eigenvalue weighted by molar-refractivity contribution is 6.05. The first-order chi connectivity index (χ1) is 13.5. The number of rotatable bonds is 4. The molecule has 4 heteroatoms. The molecule has 0 radical (unpaired) electrons. The maximum atomic E-state index is 12.7. The monoisotopic (exact) mass is 370 g/mol. The Balaban J connectivity index is 1.67. The number of nitrogens with zero attached hydrogens (tertiary/aromatic N) is 1. The topological polar surface area (TPSA) is 55.1 Å². The van der Waals surface area contributed by atoms with Crippen LogP contribution in [0.3, 0.4) is 0 Å². The first-order valence-corrected chi connectivity index (χ1v) is 9.42. The second-order valence-electron chi connectivity index (χ2n) is 6.97. The zero-order valence-electron chi connectivity index (χ0n) is 16.2. The average molecular weight is 370 g/mol. The molecule has 0 saturated carbocycles. The number of anilines is 1. The molecular formula is C24H22N2O2. The lowest BCUT2D eigenvalue weighted by molar-refractivity contribution is 0.102. The van der Waals surface area contributed by atoms with Crippen LogP contribution in [-0.2, 0) is 6.42 Å². The molecule has 0 bridgehead atoms. The van der Waals surface area contributed by atoms with Crippen molar-refractivity contribution < 1.29 is 9.21 Å². The van der Waals surface area contributed by atoms with Crippen molar-refractivity contribution in [2.24, 2.45) is 0 Å². The van der Waals surface area contributed by atoms with E-state index >= 15 is 0 Å². The van der Waals surface area contributed by atoms with Gasteiger partial charge in [0.15, 0.2) is 5.58 Å². The second-order valence-corrected chi connectivity index (χ2v) is 6.97. The number of hydrogen-bond donors (Lipinski definition) is 1. The molecule has 0 fully saturated rings.